The highest BCUT2D eigenvalue weighted by atomic mass is 16.2. The molecule has 0 aliphatic rings. The van der Waals surface area contributed by atoms with Crippen LogP contribution in [0.25, 0.3) is 0 Å². The molecule has 0 saturated carbocycles. The van der Waals surface area contributed by atoms with E-state index in [1.54, 1.807) is 0 Å². The Hall–Kier alpha value is -1.26. The molecule has 0 amide bonds. The SMILES string of the molecule is [O]CCC#Cc1ccccc1. The first-order valence-corrected chi connectivity index (χ1v) is 3.55. The molecule has 1 nitrogen and oxygen atoms in total. The topological polar surface area (TPSA) is 19.9 Å². The standard InChI is InChI=1S/C10H9O/c11-9-5-4-8-10-6-2-1-3-7-10/h1-3,6-7H,5,9H2. The summed E-state index contributed by atoms with van der Waals surface area (Å²) in [5.74, 6) is 5.68. The van der Waals surface area contributed by atoms with E-state index in [0.29, 0.717) is 6.42 Å². The van der Waals surface area contributed by atoms with Gasteiger partial charge in [-0.25, -0.2) is 5.11 Å². The molecule has 0 aliphatic carbocycles. The van der Waals surface area contributed by atoms with E-state index in [2.05, 4.69) is 11.8 Å². The average Bonchev–Trinajstić information content (AvgIpc) is 2.07. The van der Waals surface area contributed by atoms with Gasteiger partial charge < -0.3 is 0 Å². The minimum absolute atomic E-state index is 0.111. The molecule has 1 aromatic carbocycles. The Balaban J connectivity index is 2.59. The van der Waals surface area contributed by atoms with Crippen LogP contribution < -0.4 is 0 Å². The fourth-order valence-corrected chi connectivity index (χ4v) is 0.737. The lowest BCUT2D eigenvalue weighted by Crippen LogP contribution is -1.75. The first-order chi connectivity index (χ1) is 5.43. The van der Waals surface area contributed by atoms with Gasteiger partial charge in [-0.15, -0.1) is 0 Å². The highest BCUT2D eigenvalue weighted by molar-refractivity contribution is 5.33. The fraction of sp³-hybridized carbons (Fsp3) is 0.200. The molecule has 1 radical (unpaired) electrons. The summed E-state index contributed by atoms with van der Waals surface area (Å²) in [6, 6.07) is 9.66. The quantitative estimate of drug-likeness (QED) is 0.537. The molecule has 0 bridgehead atoms. The van der Waals surface area contributed by atoms with Crippen molar-refractivity contribution in [2.24, 2.45) is 0 Å². The molecule has 55 valence electrons. The van der Waals surface area contributed by atoms with E-state index >= 15 is 0 Å². The molecule has 0 spiro atoms. The van der Waals surface area contributed by atoms with Crippen LogP contribution in [0.15, 0.2) is 30.3 Å². The third-order valence-electron chi connectivity index (χ3n) is 1.23. The molecule has 0 N–H and O–H groups in total. The predicted octanol–water partition coefficient (Wildman–Crippen LogP) is 1.86. The van der Waals surface area contributed by atoms with Crippen LogP contribution in [-0.4, -0.2) is 6.61 Å². The van der Waals surface area contributed by atoms with Crippen LogP contribution in [0.5, 0.6) is 0 Å². The van der Waals surface area contributed by atoms with Crippen molar-refractivity contribution in [1.82, 2.24) is 0 Å². The van der Waals surface area contributed by atoms with Crippen molar-refractivity contribution in [2.45, 2.75) is 6.42 Å². The number of rotatable bonds is 1. The van der Waals surface area contributed by atoms with Crippen molar-refractivity contribution in [3.05, 3.63) is 35.9 Å². The maximum atomic E-state index is 10.0. The summed E-state index contributed by atoms with van der Waals surface area (Å²) >= 11 is 0. The van der Waals surface area contributed by atoms with Crippen LogP contribution in [0, 0.1) is 11.8 Å². The first-order valence-electron chi connectivity index (χ1n) is 3.55. The Kier molecular flexibility index (Phi) is 3.24. The van der Waals surface area contributed by atoms with E-state index in [-0.39, 0.29) is 6.61 Å². The van der Waals surface area contributed by atoms with Crippen molar-refractivity contribution in [1.29, 1.82) is 0 Å². The Morgan fingerprint density at radius 2 is 1.91 bits per heavy atom. The van der Waals surface area contributed by atoms with E-state index in [9.17, 15) is 5.11 Å². The average molecular weight is 145 g/mol. The molecule has 1 rings (SSSR count). The molecule has 0 unspecified atom stereocenters. The van der Waals surface area contributed by atoms with E-state index < -0.39 is 0 Å². The van der Waals surface area contributed by atoms with E-state index in [1.165, 1.54) is 0 Å². The molecule has 1 aromatic rings. The zero-order chi connectivity index (χ0) is 7.94. The van der Waals surface area contributed by atoms with Crippen molar-refractivity contribution >= 4 is 0 Å². The van der Waals surface area contributed by atoms with Gasteiger partial charge in [-0.05, 0) is 12.1 Å². The number of hydrogen-bond acceptors (Lipinski definition) is 0. The summed E-state index contributed by atoms with van der Waals surface area (Å²) in [6.07, 6.45) is 0.439. The van der Waals surface area contributed by atoms with Crippen molar-refractivity contribution in [2.75, 3.05) is 6.61 Å². The largest absolute Gasteiger partial charge is 0.236 e. The molecule has 11 heavy (non-hydrogen) atoms. The normalized spacial score (nSPS) is 8.45. The van der Waals surface area contributed by atoms with Gasteiger partial charge in [0.25, 0.3) is 0 Å². The molecule has 0 fully saturated rings. The Labute approximate surface area is 66.7 Å². The van der Waals surface area contributed by atoms with Gasteiger partial charge in [0.05, 0.1) is 6.61 Å². The summed E-state index contributed by atoms with van der Waals surface area (Å²) < 4.78 is 0. The lowest BCUT2D eigenvalue weighted by Gasteiger charge is -1.84. The van der Waals surface area contributed by atoms with Crippen molar-refractivity contribution in [3.63, 3.8) is 0 Å². The molecular formula is C10H9O. The van der Waals surface area contributed by atoms with Gasteiger partial charge in [0.1, 0.15) is 0 Å². The van der Waals surface area contributed by atoms with Gasteiger partial charge in [0, 0.05) is 12.0 Å². The van der Waals surface area contributed by atoms with Gasteiger partial charge in [-0.3, -0.25) is 0 Å². The Morgan fingerprint density at radius 1 is 1.18 bits per heavy atom. The summed E-state index contributed by atoms with van der Waals surface area (Å²) in [4.78, 5) is 0. The van der Waals surface area contributed by atoms with Gasteiger partial charge in [0.15, 0.2) is 0 Å². The van der Waals surface area contributed by atoms with Crippen LogP contribution in [0.1, 0.15) is 12.0 Å². The molecule has 1 heteroatoms. The summed E-state index contributed by atoms with van der Waals surface area (Å²) in [7, 11) is 0. The van der Waals surface area contributed by atoms with Gasteiger partial charge in [-0.1, -0.05) is 30.0 Å². The number of hydrogen-bond donors (Lipinski definition) is 0. The maximum Gasteiger partial charge on any atom is 0.0931 e. The molecular weight excluding hydrogens is 136 g/mol. The van der Waals surface area contributed by atoms with Crippen molar-refractivity contribution < 1.29 is 5.11 Å². The van der Waals surface area contributed by atoms with Crippen LogP contribution in [0.3, 0.4) is 0 Å². The van der Waals surface area contributed by atoms with E-state index in [1.807, 2.05) is 30.3 Å². The monoisotopic (exact) mass is 145 g/mol. The summed E-state index contributed by atoms with van der Waals surface area (Å²) in [5, 5.41) is 10.0. The van der Waals surface area contributed by atoms with E-state index in [0.717, 1.165) is 5.56 Å². The second-order valence-corrected chi connectivity index (χ2v) is 2.12. The predicted molar refractivity (Wildman–Crippen MR) is 43.5 cm³/mol. The molecule has 0 aliphatic heterocycles. The lowest BCUT2D eigenvalue weighted by molar-refractivity contribution is 0.201. The molecule has 0 aromatic heterocycles. The minimum Gasteiger partial charge on any atom is -0.236 e. The summed E-state index contributed by atoms with van der Waals surface area (Å²) in [6.45, 7) is -0.111. The van der Waals surface area contributed by atoms with Gasteiger partial charge in [-0.2, -0.15) is 0 Å². The van der Waals surface area contributed by atoms with E-state index in [4.69, 9.17) is 0 Å². The smallest absolute Gasteiger partial charge is 0.0931 e. The maximum absolute atomic E-state index is 10.0. The van der Waals surface area contributed by atoms with Crippen LogP contribution in [0.2, 0.25) is 0 Å². The molecule has 0 heterocycles. The van der Waals surface area contributed by atoms with Crippen LogP contribution in [-0.2, 0) is 5.11 Å². The minimum atomic E-state index is -0.111. The second-order valence-electron chi connectivity index (χ2n) is 2.12. The zero-order valence-electron chi connectivity index (χ0n) is 6.21. The Morgan fingerprint density at radius 3 is 2.55 bits per heavy atom. The first kappa shape index (κ1) is 7.84. The third kappa shape index (κ3) is 2.88. The third-order valence-corrected chi connectivity index (χ3v) is 1.23. The van der Waals surface area contributed by atoms with Crippen molar-refractivity contribution in [3.8, 4) is 11.8 Å². The van der Waals surface area contributed by atoms with Gasteiger partial charge in [0.2, 0.25) is 0 Å². The fourth-order valence-electron chi connectivity index (χ4n) is 0.737. The molecule has 0 atom stereocenters. The van der Waals surface area contributed by atoms with Crippen LogP contribution >= 0.6 is 0 Å². The zero-order valence-corrected chi connectivity index (χ0v) is 6.21. The second kappa shape index (κ2) is 4.54. The highest BCUT2D eigenvalue weighted by Crippen LogP contribution is 1.94. The van der Waals surface area contributed by atoms with Crippen LogP contribution in [0.4, 0.5) is 0 Å². The lowest BCUT2D eigenvalue weighted by atomic mass is 10.2. The Bertz CT molecular complexity index is 253. The van der Waals surface area contributed by atoms with Gasteiger partial charge >= 0.3 is 0 Å². The summed E-state index contributed by atoms with van der Waals surface area (Å²) in [5.41, 5.74) is 0.973. The number of benzene rings is 1. The molecule has 0 saturated heterocycles. The highest BCUT2D eigenvalue weighted by Gasteiger charge is 1.80.